The van der Waals surface area contributed by atoms with Gasteiger partial charge in [0.1, 0.15) is 12.7 Å². The van der Waals surface area contributed by atoms with E-state index in [-0.39, 0.29) is 21.7 Å². The predicted octanol–water partition coefficient (Wildman–Crippen LogP) is 4.26. The highest BCUT2D eigenvalue weighted by Crippen LogP contribution is 2.65. The van der Waals surface area contributed by atoms with E-state index in [1.54, 1.807) is 11.0 Å². The van der Waals surface area contributed by atoms with E-state index < -0.39 is 0 Å². The van der Waals surface area contributed by atoms with Crippen molar-refractivity contribution in [3.8, 4) is 0 Å². The topological polar surface area (TPSA) is 59.8 Å². The van der Waals surface area contributed by atoms with Gasteiger partial charge in [0.15, 0.2) is 0 Å². The van der Waals surface area contributed by atoms with Crippen molar-refractivity contribution in [3.63, 3.8) is 0 Å². The minimum atomic E-state index is -0.0951. The molecule has 6 rings (SSSR count). The highest BCUT2D eigenvalue weighted by molar-refractivity contribution is 9.10. The molecule has 1 aromatic heterocycles. The number of rotatable bonds is 6. The molecule has 4 aliphatic carbocycles. The summed E-state index contributed by atoms with van der Waals surface area (Å²) in [6, 6.07) is 10.1. The van der Waals surface area contributed by atoms with Gasteiger partial charge in [0, 0.05) is 10.7 Å². The summed E-state index contributed by atoms with van der Waals surface area (Å²) in [5, 5.41) is 7.54. The number of alkyl halides is 1. The summed E-state index contributed by atoms with van der Waals surface area (Å²) in [5.41, 5.74) is 1.29. The number of benzene rings is 1. The van der Waals surface area contributed by atoms with Crippen LogP contribution in [0, 0.1) is 17.3 Å². The van der Waals surface area contributed by atoms with Gasteiger partial charge in [-0.25, -0.2) is 4.98 Å². The fourth-order valence-electron chi connectivity index (χ4n) is 6.56. The van der Waals surface area contributed by atoms with Crippen LogP contribution in [0.1, 0.15) is 56.6 Å². The molecule has 4 saturated carbocycles. The first kappa shape index (κ1) is 18.3. The first-order valence-electron chi connectivity index (χ1n) is 10.4. The highest BCUT2D eigenvalue weighted by atomic mass is 79.9. The van der Waals surface area contributed by atoms with Gasteiger partial charge in [-0.2, -0.15) is 5.10 Å². The second-order valence-corrected chi connectivity index (χ2v) is 11.1. The summed E-state index contributed by atoms with van der Waals surface area (Å²) in [4.78, 5) is 17.2. The Morgan fingerprint density at radius 3 is 2.61 bits per heavy atom. The SMILES string of the molecule is O=C(CC12CC3CC(CC(Br)(C3)C1)C2)NC(Cn1cncn1)c1ccccc1. The number of hydrogen-bond donors (Lipinski definition) is 1. The van der Waals surface area contributed by atoms with Gasteiger partial charge in [-0.3, -0.25) is 9.48 Å². The lowest BCUT2D eigenvalue weighted by molar-refractivity contribution is -0.129. The number of aromatic nitrogens is 3. The molecule has 1 N–H and O–H groups in total. The van der Waals surface area contributed by atoms with Gasteiger partial charge in [0.2, 0.25) is 5.91 Å². The van der Waals surface area contributed by atoms with Crippen LogP contribution in [-0.4, -0.2) is 25.0 Å². The van der Waals surface area contributed by atoms with Crippen LogP contribution >= 0.6 is 15.9 Å². The van der Waals surface area contributed by atoms with E-state index in [9.17, 15) is 4.79 Å². The molecule has 6 heteroatoms. The van der Waals surface area contributed by atoms with Gasteiger partial charge in [-0.05, 0) is 61.3 Å². The van der Waals surface area contributed by atoms with Crippen molar-refractivity contribution in [2.45, 2.75) is 61.9 Å². The smallest absolute Gasteiger partial charge is 0.221 e. The van der Waals surface area contributed by atoms with Crippen molar-refractivity contribution in [1.29, 1.82) is 0 Å². The maximum atomic E-state index is 13.2. The Labute approximate surface area is 174 Å². The minimum Gasteiger partial charge on any atom is -0.347 e. The number of halogens is 1. The van der Waals surface area contributed by atoms with Crippen molar-refractivity contribution in [2.24, 2.45) is 17.3 Å². The fraction of sp³-hybridized carbons (Fsp3) is 0.591. The van der Waals surface area contributed by atoms with E-state index in [1.165, 1.54) is 38.4 Å². The third-order valence-electron chi connectivity index (χ3n) is 7.02. The zero-order valence-corrected chi connectivity index (χ0v) is 17.6. The quantitative estimate of drug-likeness (QED) is 0.679. The lowest BCUT2D eigenvalue weighted by Gasteiger charge is -2.60. The van der Waals surface area contributed by atoms with E-state index in [0.717, 1.165) is 23.8 Å². The number of nitrogens with one attached hydrogen (secondary N) is 1. The maximum absolute atomic E-state index is 13.2. The lowest BCUT2D eigenvalue weighted by Crippen LogP contribution is -2.54. The molecule has 3 unspecified atom stereocenters. The predicted molar refractivity (Wildman–Crippen MR) is 111 cm³/mol. The van der Waals surface area contributed by atoms with Crippen molar-refractivity contribution < 1.29 is 4.79 Å². The molecule has 148 valence electrons. The van der Waals surface area contributed by atoms with E-state index >= 15 is 0 Å². The lowest BCUT2D eigenvalue weighted by atomic mass is 9.48. The van der Waals surface area contributed by atoms with E-state index in [0.29, 0.717) is 13.0 Å². The molecule has 4 bridgehead atoms. The zero-order valence-electron chi connectivity index (χ0n) is 16.1. The monoisotopic (exact) mass is 442 g/mol. The number of carbonyl (C=O) groups excluding carboxylic acids is 1. The molecular weight excluding hydrogens is 416 g/mol. The number of nitrogens with zero attached hydrogens (tertiary/aromatic N) is 3. The number of carbonyl (C=O) groups is 1. The normalized spacial score (nSPS) is 34.3. The maximum Gasteiger partial charge on any atom is 0.221 e. The van der Waals surface area contributed by atoms with E-state index in [4.69, 9.17) is 0 Å². The summed E-state index contributed by atoms with van der Waals surface area (Å²) in [6.07, 6.45) is 11.5. The Kier molecular flexibility index (Phi) is 4.57. The summed E-state index contributed by atoms with van der Waals surface area (Å²) in [6.45, 7) is 0.594. The highest BCUT2D eigenvalue weighted by Gasteiger charge is 2.57. The first-order valence-corrected chi connectivity index (χ1v) is 11.2. The Hall–Kier alpha value is -1.69. The Morgan fingerprint density at radius 1 is 1.21 bits per heavy atom. The van der Waals surface area contributed by atoms with Crippen LogP contribution in [0.4, 0.5) is 0 Å². The number of amides is 1. The second-order valence-electron chi connectivity index (χ2n) is 9.44. The van der Waals surface area contributed by atoms with Gasteiger partial charge in [-0.1, -0.05) is 46.3 Å². The van der Waals surface area contributed by atoms with Crippen molar-refractivity contribution >= 4 is 21.8 Å². The molecule has 4 fully saturated rings. The third kappa shape index (κ3) is 3.63. The van der Waals surface area contributed by atoms with Crippen LogP contribution in [0.25, 0.3) is 0 Å². The van der Waals surface area contributed by atoms with Crippen LogP contribution in [0.2, 0.25) is 0 Å². The molecule has 3 atom stereocenters. The Bertz CT molecular complexity index is 823. The molecule has 0 radical (unpaired) electrons. The molecule has 1 aromatic carbocycles. The molecule has 0 aliphatic heterocycles. The van der Waals surface area contributed by atoms with Gasteiger partial charge in [0.25, 0.3) is 0 Å². The van der Waals surface area contributed by atoms with Crippen molar-refractivity contribution in [3.05, 3.63) is 48.5 Å². The van der Waals surface area contributed by atoms with Gasteiger partial charge >= 0.3 is 0 Å². The summed E-state index contributed by atoms with van der Waals surface area (Å²) >= 11 is 4.06. The molecule has 5 nitrogen and oxygen atoms in total. The van der Waals surface area contributed by atoms with Gasteiger partial charge < -0.3 is 5.32 Å². The molecule has 28 heavy (non-hydrogen) atoms. The fourth-order valence-corrected chi connectivity index (χ4v) is 8.07. The molecule has 1 heterocycles. The zero-order chi connectivity index (χ0) is 19.2. The van der Waals surface area contributed by atoms with Crippen LogP contribution < -0.4 is 5.32 Å². The second kappa shape index (κ2) is 6.97. The third-order valence-corrected chi connectivity index (χ3v) is 7.95. The van der Waals surface area contributed by atoms with Gasteiger partial charge in [0.05, 0.1) is 12.6 Å². The molecular formula is C22H27BrN4O. The van der Waals surface area contributed by atoms with E-state index in [1.807, 2.05) is 18.2 Å². The summed E-state index contributed by atoms with van der Waals surface area (Å²) in [7, 11) is 0. The Balaban J connectivity index is 1.31. The molecule has 0 saturated heterocycles. The van der Waals surface area contributed by atoms with Crippen LogP contribution in [-0.2, 0) is 11.3 Å². The number of hydrogen-bond acceptors (Lipinski definition) is 3. The minimum absolute atomic E-state index is 0.0951. The average molecular weight is 443 g/mol. The average Bonchev–Trinajstić information content (AvgIpc) is 3.12. The molecule has 0 spiro atoms. The standard InChI is InChI=1S/C22H27BrN4O/c23-22-9-16-6-17(10-22)8-21(7-16,13-22)11-20(28)26-19(12-27-15-24-14-25-27)18-4-2-1-3-5-18/h1-5,14-17,19H,6-13H2,(H,26,28). The van der Waals surface area contributed by atoms with Crippen molar-refractivity contribution in [1.82, 2.24) is 20.1 Å². The van der Waals surface area contributed by atoms with Gasteiger partial charge in [-0.15, -0.1) is 0 Å². The van der Waals surface area contributed by atoms with Crippen molar-refractivity contribution in [2.75, 3.05) is 0 Å². The molecule has 2 aromatic rings. The van der Waals surface area contributed by atoms with Crippen LogP contribution in [0.5, 0.6) is 0 Å². The molecule has 4 aliphatic rings. The van der Waals surface area contributed by atoms with E-state index in [2.05, 4.69) is 43.5 Å². The van der Waals surface area contributed by atoms with Crippen LogP contribution in [0.15, 0.2) is 43.0 Å². The summed E-state index contributed by atoms with van der Waals surface area (Å²) in [5.74, 6) is 1.77. The Morgan fingerprint density at radius 2 is 1.96 bits per heavy atom. The molecule has 1 amide bonds. The largest absolute Gasteiger partial charge is 0.347 e. The van der Waals surface area contributed by atoms with Crippen LogP contribution in [0.3, 0.4) is 0 Å². The first-order chi connectivity index (χ1) is 13.5. The summed E-state index contributed by atoms with van der Waals surface area (Å²) < 4.78 is 2.08.